The van der Waals surface area contributed by atoms with Crippen molar-refractivity contribution in [2.75, 3.05) is 51.7 Å². The molecule has 0 aromatic heterocycles. The molecule has 1 aliphatic heterocycles. The van der Waals surface area contributed by atoms with Gasteiger partial charge < -0.3 is 10.2 Å². The number of piperidine rings is 1. The second-order valence-corrected chi connectivity index (χ2v) is 9.69. The first-order chi connectivity index (χ1) is 13.3. The quantitative estimate of drug-likeness (QED) is 0.631. The molecule has 0 spiro atoms. The van der Waals surface area contributed by atoms with Crippen LogP contribution in [0.1, 0.15) is 31.7 Å². The molecule has 158 valence electrons. The van der Waals surface area contributed by atoms with E-state index in [-0.39, 0.29) is 18.4 Å². The predicted molar refractivity (Wildman–Crippen MR) is 114 cm³/mol. The average Bonchev–Trinajstić information content (AvgIpc) is 2.68. The van der Waals surface area contributed by atoms with E-state index in [1.807, 2.05) is 0 Å². The fourth-order valence-electron chi connectivity index (χ4n) is 3.45. The Morgan fingerprint density at radius 3 is 2.54 bits per heavy atom. The molecule has 1 atom stereocenters. The minimum Gasteiger partial charge on any atom is -0.372 e. The summed E-state index contributed by atoms with van der Waals surface area (Å²) in [6.07, 6.45) is 2.29. The van der Waals surface area contributed by atoms with Crippen molar-refractivity contribution in [1.29, 1.82) is 0 Å². The summed E-state index contributed by atoms with van der Waals surface area (Å²) in [5.41, 5.74) is 2.43. The fourth-order valence-corrected chi connectivity index (χ4v) is 4.64. The lowest BCUT2D eigenvalue weighted by molar-refractivity contribution is -0.126. The highest BCUT2D eigenvalue weighted by molar-refractivity contribution is 7.86. The lowest BCUT2D eigenvalue weighted by Crippen LogP contribution is -2.49. The molecule has 1 aromatic carbocycles. The Kier molecular flexibility index (Phi) is 8.27. The van der Waals surface area contributed by atoms with Gasteiger partial charge in [-0.2, -0.15) is 17.0 Å². The van der Waals surface area contributed by atoms with Crippen molar-refractivity contribution < 1.29 is 13.2 Å². The minimum absolute atomic E-state index is 0.0444. The number of benzene rings is 1. The first kappa shape index (κ1) is 22.6. The number of carbonyl (C=O) groups excluding carboxylic acids is 1. The van der Waals surface area contributed by atoms with E-state index in [1.54, 1.807) is 0 Å². The topological polar surface area (TPSA) is 73.0 Å². The van der Waals surface area contributed by atoms with Crippen LogP contribution in [0.2, 0.25) is 0 Å². The summed E-state index contributed by atoms with van der Waals surface area (Å²) < 4.78 is 27.2. The largest absolute Gasteiger partial charge is 0.372 e. The Balaban J connectivity index is 1.79. The summed E-state index contributed by atoms with van der Waals surface area (Å²) >= 11 is 0. The molecule has 1 amide bonds. The van der Waals surface area contributed by atoms with Crippen LogP contribution in [0.3, 0.4) is 0 Å². The van der Waals surface area contributed by atoms with E-state index in [0.717, 1.165) is 25.9 Å². The predicted octanol–water partition coefficient (Wildman–Crippen LogP) is 1.85. The molecule has 1 heterocycles. The van der Waals surface area contributed by atoms with E-state index in [9.17, 15) is 13.2 Å². The maximum atomic E-state index is 12.5. The summed E-state index contributed by atoms with van der Waals surface area (Å²) in [6.45, 7) is 7.32. The van der Waals surface area contributed by atoms with Crippen LogP contribution in [0.15, 0.2) is 24.3 Å². The minimum atomic E-state index is -3.46. The third-order valence-corrected chi connectivity index (χ3v) is 7.13. The normalized spacial score (nSPS) is 18.2. The smallest absolute Gasteiger partial charge is 0.281 e. The highest BCUT2D eigenvalue weighted by Crippen LogP contribution is 2.20. The van der Waals surface area contributed by atoms with E-state index in [2.05, 4.69) is 48.3 Å². The molecule has 0 aliphatic carbocycles. The van der Waals surface area contributed by atoms with Gasteiger partial charge in [-0.25, -0.2) is 0 Å². The molecule has 0 saturated carbocycles. The van der Waals surface area contributed by atoms with Gasteiger partial charge >= 0.3 is 0 Å². The number of hydrogen-bond acceptors (Lipinski definition) is 4. The lowest BCUT2D eigenvalue weighted by atomic mass is 9.99. The molecule has 1 aliphatic rings. The number of amides is 1. The van der Waals surface area contributed by atoms with E-state index in [0.29, 0.717) is 19.5 Å². The van der Waals surface area contributed by atoms with Crippen molar-refractivity contribution in [2.24, 2.45) is 5.92 Å². The van der Waals surface area contributed by atoms with Crippen molar-refractivity contribution in [2.45, 2.75) is 33.1 Å². The number of rotatable bonds is 9. The van der Waals surface area contributed by atoms with Crippen molar-refractivity contribution >= 4 is 21.8 Å². The summed E-state index contributed by atoms with van der Waals surface area (Å²) in [5.74, 6) is -0.320. The number of hydrogen-bond donors (Lipinski definition) is 1. The molecule has 1 N–H and O–H groups in total. The van der Waals surface area contributed by atoms with E-state index < -0.39 is 10.2 Å². The summed E-state index contributed by atoms with van der Waals surface area (Å²) in [7, 11) is -0.419. The number of carbonyl (C=O) groups is 1. The van der Waals surface area contributed by atoms with Crippen molar-refractivity contribution in [3.63, 3.8) is 0 Å². The van der Waals surface area contributed by atoms with E-state index >= 15 is 0 Å². The molecule has 0 radical (unpaired) electrons. The Hall–Kier alpha value is -1.64. The Morgan fingerprint density at radius 1 is 1.25 bits per heavy atom. The fraction of sp³-hybridized carbons (Fsp3) is 0.650. The zero-order valence-electron chi connectivity index (χ0n) is 17.5. The van der Waals surface area contributed by atoms with Crippen LogP contribution >= 0.6 is 0 Å². The van der Waals surface area contributed by atoms with Crippen LogP contribution in [0.5, 0.6) is 0 Å². The van der Waals surface area contributed by atoms with Gasteiger partial charge in [0.25, 0.3) is 10.2 Å². The first-order valence-electron chi connectivity index (χ1n) is 10.0. The summed E-state index contributed by atoms with van der Waals surface area (Å²) in [6, 6.07) is 8.46. The average molecular weight is 411 g/mol. The van der Waals surface area contributed by atoms with Crippen LogP contribution < -0.4 is 10.2 Å². The Morgan fingerprint density at radius 2 is 1.93 bits per heavy atom. The van der Waals surface area contributed by atoms with Gasteiger partial charge in [-0.3, -0.25) is 4.79 Å². The molecule has 1 aromatic rings. The van der Waals surface area contributed by atoms with Gasteiger partial charge in [0.05, 0.1) is 5.92 Å². The number of anilines is 1. The third kappa shape index (κ3) is 5.93. The van der Waals surface area contributed by atoms with Crippen LogP contribution in [-0.4, -0.2) is 69.8 Å². The zero-order valence-corrected chi connectivity index (χ0v) is 18.3. The molecule has 1 saturated heterocycles. The summed E-state index contributed by atoms with van der Waals surface area (Å²) in [4.78, 5) is 14.8. The molecule has 0 bridgehead atoms. The van der Waals surface area contributed by atoms with Crippen molar-refractivity contribution in [1.82, 2.24) is 13.9 Å². The Bertz CT molecular complexity index is 734. The van der Waals surface area contributed by atoms with E-state index in [1.165, 1.54) is 34.0 Å². The van der Waals surface area contributed by atoms with Crippen LogP contribution in [0.4, 0.5) is 5.69 Å². The molecule has 28 heavy (non-hydrogen) atoms. The summed E-state index contributed by atoms with van der Waals surface area (Å²) in [5, 5.41) is 2.99. The van der Waals surface area contributed by atoms with Crippen LogP contribution in [0, 0.1) is 12.8 Å². The third-order valence-electron chi connectivity index (χ3n) is 5.23. The first-order valence-corrected chi connectivity index (χ1v) is 11.4. The highest BCUT2D eigenvalue weighted by Gasteiger charge is 2.33. The monoisotopic (exact) mass is 410 g/mol. The number of nitrogens with one attached hydrogen (secondary N) is 1. The highest BCUT2D eigenvalue weighted by atomic mass is 32.2. The van der Waals surface area contributed by atoms with Gasteiger partial charge in [-0.05, 0) is 45.2 Å². The van der Waals surface area contributed by atoms with Gasteiger partial charge in [-0.1, -0.05) is 17.7 Å². The molecule has 1 fully saturated rings. The second kappa shape index (κ2) is 10.2. The van der Waals surface area contributed by atoms with Crippen molar-refractivity contribution in [3.8, 4) is 0 Å². The molecular weight excluding hydrogens is 376 g/mol. The maximum absolute atomic E-state index is 12.5. The van der Waals surface area contributed by atoms with Crippen LogP contribution in [0.25, 0.3) is 0 Å². The van der Waals surface area contributed by atoms with Gasteiger partial charge in [0.15, 0.2) is 0 Å². The van der Waals surface area contributed by atoms with E-state index in [4.69, 9.17) is 0 Å². The van der Waals surface area contributed by atoms with Gasteiger partial charge in [0, 0.05) is 52.5 Å². The van der Waals surface area contributed by atoms with Gasteiger partial charge in [0.2, 0.25) is 5.91 Å². The molecule has 0 unspecified atom stereocenters. The van der Waals surface area contributed by atoms with Gasteiger partial charge in [-0.15, -0.1) is 0 Å². The zero-order chi connectivity index (χ0) is 20.7. The Labute approximate surface area is 169 Å². The van der Waals surface area contributed by atoms with Crippen molar-refractivity contribution in [3.05, 3.63) is 29.8 Å². The molecule has 2 rings (SSSR count). The molecular formula is C20H34N4O3S. The lowest BCUT2D eigenvalue weighted by Gasteiger charge is -2.32. The number of nitrogens with zero attached hydrogens (tertiary/aromatic N) is 3. The molecule has 8 heteroatoms. The standard InChI is InChI=1S/C20H34N4O3S/c1-5-23(19-11-9-17(2)10-12-19)14-7-13-21-20(25)18-8-6-15-24(16-18)28(26,27)22(3)4/h9-12,18H,5-8,13-16H2,1-4H3,(H,21,25)/t18-/m1/s1. The second-order valence-electron chi connectivity index (χ2n) is 7.55. The van der Waals surface area contributed by atoms with Gasteiger partial charge in [0.1, 0.15) is 0 Å². The SMILES string of the molecule is CCN(CCCNC(=O)[C@@H]1CCCN(S(=O)(=O)N(C)C)C1)c1ccc(C)cc1. The maximum Gasteiger partial charge on any atom is 0.281 e. The number of aryl methyl sites for hydroxylation is 1. The van der Waals surface area contributed by atoms with Crippen LogP contribution in [-0.2, 0) is 15.0 Å². The molecule has 7 nitrogen and oxygen atoms in total.